The molecule has 1 atom stereocenters. The third-order valence-electron chi connectivity index (χ3n) is 7.65. The van der Waals surface area contributed by atoms with E-state index in [1.165, 1.54) is 5.56 Å². The van der Waals surface area contributed by atoms with Gasteiger partial charge in [0.2, 0.25) is 5.91 Å². The first-order chi connectivity index (χ1) is 16.9. The monoisotopic (exact) mass is 473 g/mol. The Kier molecular flexibility index (Phi) is 6.32. The van der Waals surface area contributed by atoms with Gasteiger partial charge in [0.15, 0.2) is 0 Å². The van der Waals surface area contributed by atoms with Crippen LogP contribution >= 0.6 is 0 Å². The van der Waals surface area contributed by atoms with Crippen molar-refractivity contribution in [1.29, 1.82) is 0 Å². The second-order valence-corrected chi connectivity index (χ2v) is 9.72. The summed E-state index contributed by atoms with van der Waals surface area (Å²) in [6, 6.07) is 17.7. The first-order valence-corrected chi connectivity index (χ1v) is 12.2. The lowest BCUT2D eigenvalue weighted by atomic mass is 9.62. The minimum Gasteiger partial charge on any atom is -0.489 e. The molecule has 35 heavy (non-hydrogen) atoms. The third kappa shape index (κ3) is 4.67. The Hall–Kier alpha value is -3.61. The fourth-order valence-corrected chi connectivity index (χ4v) is 5.54. The number of rotatable bonds is 5. The van der Waals surface area contributed by atoms with Crippen molar-refractivity contribution in [3.63, 3.8) is 0 Å². The molecule has 0 saturated carbocycles. The van der Waals surface area contributed by atoms with Crippen LogP contribution in [0.15, 0.2) is 59.1 Å². The number of carbonyl (C=O) groups excluding carboxylic acids is 2. The SMILES string of the molecule is Cc1noc(C)c1COc1cccc(C(=O)N2CCC3(CC2)CC(=O)NC[C@H]3c2ccccc2)c1. The van der Waals surface area contributed by atoms with Crippen molar-refractivity contribution in [1.82, 2.24) is 15.4 Å². The Morgan fingerprint density at radius 1 is 1.14 bits per heavy atom. The molecule has 5 rings (SSSR count). The number of carbonyl (C=O) groups is 2. The molecule has 2 aliphatic rings. The second kappa shape index (κ2) is 9.56. The van der Waals surface area contributed by atoms with Gasteiger partial charge in [0.05, 0.1) is 11.3 Å². The highest BCUT2D eigenvalue weighted by Gasteiger charge is 2.46. The maximum absolute atomic E-state index is 13.3. The van der Waals surface area contributed by atoms with Gasteiger partial charge in [0, 0.05) is 37.5 Å². The van der Waals surface area contributed by atoms with E-state index in [2.05, 4.69) is 34.7 Å². The number of piperidine rings is 2. The number of likely N-dealkylation sites (tertiary alicyclic amines) is 1. The fourth-order valence-electron chi connectivity index (χ4n) is 5.54. The molecule has 7 nitrogen and oxygen atoms in total. The van der Waals surface area contributed by atoms with Crippen LogP contribution in [0.25, 0.3) is 0 Å². The van der Waals surface area contributed by atoms with Crippen LogP contribution in [0.4, 0.5) is 0 Å². The highest BCUT2D eigenvalue weighted by Crippen LogP contribution is 2.48. The zero-order valence-electron chi connectivity index (χ0n) is 20.3. The third-order valence-corrected chi connectivity index (χ3v) is 7.65. The van der Waals surface area contributed by atoms with Crippen LogP contribution in [-0.2, 0) is 11.4 Å². The summed E-state index contributed by atoms with van der Waals surface area (Å²) >= 11 is 0. The van der Waals surface area contributed by atoms with E-state index in [9.17, 15) is 9.59 Å². The van der Waals surface area contributed by atoms with Crippen LogP contribution < -0.4 is 10.1 Å². The van der Waals surface area contributed by atoms with E-state index in [-0.39, 0.29) is 23.1 Å². The lowest BCUT2D eigenvalue weighted by Crippen LogP contribution is -2.52. The molecule has 7 heteroatoms. The maximum Gasteiger partial charge on any atom is 0.253 e. The molecule has 3 aromatic rings. The van der Waals surface area contributed by atoms with E-state index >= 15 is 0 Å². The highest BCUT2D eigenvalue weighted by molar-refractivity contribution is 5.94. The Balaban J connectivity index is 1.26. The summed E-state index contributed by atoms with van der Waals surface area (Å²) in [6.45, 7) is 6.02. The summed E-state index contributed by atoms with van der Waals surface area (Å²) in [5.41, 5.74) is 3.49. The van der Waals surface area contributed by atoms with Gasteiger partial charge in [-0.3, -0.25) is 9.59 Å². The molecule has 2 amide bonds. The van der Waals surface area contributed by atoms with Gasteiger partial charge in [0.1, 0.15) is 18.1 Å². The molecule has 2 fully saturated rings. The summed E-state index contributed by atoms with van der Waals surface area (Å²) in [5.74, 6) is 1.75. The van der Waals surface area contributed by atoms with Crippen molar-refractivity contribution < 1.29 is 18.8 Å². The van der Waals surface area contributed by atoms with Crippen LogP contribution in [0.1, 0.15) is 58.1 Å². The molecule has 1 aromatic heterocycles. The van der Waals surface area contributed by atoms with E-state index in [1.54, 1.807) is 6.07 Å². The average Bonchev–Trinajstić information content (AvgIpc) is 3.20. The number of hydrogen-bond donors (Lipinski definition) is 1. The number of ether oxygens (including phenoxy) is 1. The smallest absolute Gasteiger partial charge is 0.253 e. The Bertz CT molecular complexity index is 1190. The summed E-state index contributed by atoms with van der Waals surface area (Å²) < 4.78 is 11.1. The molecule has 1 N–H and O–H groups in total. The summed E-state index contributed by atoms with van der Waals surface area (Å²) in [4.78, 5) is 27.6. The maximum atomic E-state index is 13.3. The van der Waals surface area contributed by atoms with Crippen LogP contribution in [0.5, 0.6) is 5.75 Å². The van der Waals surface area contributed by atoms with Crippen molar-refractivity contribution in [2.24, 2.45) is 5.41 Å². The molecular formula is C28H31N3O4. The number of amides is 2. The van der Waals surface area contributed by atoms with Gasteiger partial charge in [-0.25, -0.2) is 0 Å². The Labute approximate surface area is 205 Å². The number of aryl methyl sites for hydroxylation is 2. The van der Waals surface area contributed by atoms with Gasteiger partial charge in [-0.1, -0.05) is 41.6 Å². The fraction of sp³-hybridized carbons (Fsp3) is 0.393. The topological polar surface area (TPSA) is 84.7 Å². The van der Waals surface area contributed by atoms with Crippen LogP contribution in [0.3, 0.4) is 0 Å². The molecule has 0 unspecified atom stereocenters. The number of nitrogens with one attached hydrogen (secondary N) is 1. The number of hydrogen-bond acceptors (Lipinski definition) is 5. The predicted octanol–water partition coefficient (Wildman–Crippen LogP) is 4.40. The molecular weight excluding hydrogens is 442 g/mol. The van der Waals surface area contributed by atoms with Crippen LogP contribution in [0, 0.1) is 19.3 Å². The number of aromatic nitrogens is 1. The molecule has 2 aromatic carbocycles. The summed E-state index contributed by atoms with van der Waals surface area (Å²) in [6.07, 6.45) is 2.14. The molecule has 3 heterocycles. The van der Waals surface area contributed by atoms with Gasteiger partial charge in [0.25, 0.3) is 5.91 Å². The van der Waals surface area contributed by atoms with E-state index in [0.717, 1.165) is 29.9 Å². The largest absolute Gasteiger partial charge is 0.489 e. The summed E-state index contributed by atoms with van der Waals surface area (Å²) in [7, 11) is 0. The lowest BCUT2D eigenvalue weighted by Gasteiger charge is -2.49. The van der Waals surface area contributed by atoms with Crippen molar-refractivity contribution in [3.8, 4) is 5.75 Å². The molecule has 0 aliphatic carbocycles. The second-order valence-electron chi connectivity index (χ2n) is 9.72. The first kappa shape index (κ1) is 23.1. The van der Waals surface area contributed by atoms with Crippen LogP contribution in [0.2, 0.25) is 0 Å². The zero-order valence-corrected chi connectivity index (χ0v) is 20.3. The normalized spacial score (nSPS) is 19.4. The Morgan fingerprint density at radius 2 is 1.91 bits per heavy atom. The Morgan fingerprint density at radius 3 is 2.63 bits per heavy atom. The minimum absolute atomic E-state index is 0.000777. The van der Waals surface area contributed by atoms with Crippen LogP contribution in [-0.4, -0.2) is 41.5 Å². The number of nitrogens with zero attached hydrogens (tertiary/aromatic N) is 2. The molecule has 0 radical (unpaired) electrons. The molecule has 2 saturated heterocycles. The first-order valence-electron chi connectivity index (χ1n) is 12.2. The molecule has 2 aliphatic heterocycles. The molecule has 1 spiro atoms. The standard InChI is InChI=1S/C28H31N3O4/c1-19-24(20(2)35-30-19)18-34-23-10-6-9-22(15-23)27(33)31-13-11-28(12-14-31)16-26(32)29-17-25(28)21-7-4-3-5-8-21/h3-10,15,25H,11-14,16-18H2,1-2H3,(H,29,32)/t25-/m0/s1. The van der Waals surface area contributed by atoms with E-state index in [0.29, 0.717) is 44.0 Å². The molecule has 182 valence electrons. The van der Waals surface area contributed by atoms with Crippen molar-refractivity contribution in [3.05, 3.63) is 82.7 Å². The van der Waals surface area contributed by atoms with E-state index in [4.69, 9.17) is 9.26 Å². The van der Waals surface area contributed by atoms with Crippen molar-refractivity contribution in [2.75, 3.05) is 19.6 Å². The quantitative estimate of drug-likeness (QED) is 0.594. The van der Waals surface area contributed by atoms with Gasteiger partial charge in [-0.2, -0.15) is 0 Å². The lowest BCUT2D eigenvalue weighted by molar-refractivity contribution is -0.127. The zero-order chi connectivity index (χ0) is 24.4. The van der Waals surface area contributed by atoms with Crippen molar-refractivity contribution in [2.45, 2.75) is 45.6 Å². The summed E-state index contributed by atoms with van der Waals surface area (Å²) in [5, 5.41) is 7.01. The van der Waals surface area contributed by atoms with Gasteiger partial charge >= 0.3 is 0 Å². The van der Waals surface area contributed by atoms with E-state index < -0.39 is 0 Å². The van der Waals surface area contributed by atoms with Crippen molar-refractivity contribution >= 4 is 11.8 Å². The van der Waals surface area contributed by atoms with Gasteiger partial charge < -0.3 is 19.5 Å². The van der Waals surface area contributed by atoms with E-state index in [1.807, 2.05) is 43.0 Å². The van der Waals surface area contributed by atoms with Gasteiger partial charge in [-0.05, 0) is 55.9 Å². The number of benzene rings is 2. The highest BCUT2D eigenvalue weighted by atomic mass is 16.5. The average molecular weight is 474 g/mol. The molecule has 0 bridgehead atoms. The predicted molar refractivity (Wildman–Crippen MR) is 131 cm³/mol. The minimum atomic E-state index is -0.111. The van der Waals surface area contributed by atoms with Gasteiger partial charge in [-0.15, -0.1) is 0 Å².